The Morgan fingerprint density at radius 2 is 1.96 bits per heavy atom. The predicted molar refractivity (Wildman–Crippen MR) is 104 cm³/mol. The third-order valence-corrected chi connectivity index (χ3v) is 5.06. The van der Waals surface area contributed by atoms with Gasteiger partial charge in [-0.05, 0) is 36.8 Å². The summed E-state index contributed by atoms with van der Waals surface area (Å²) in [5.41, 5.74) is 8.30. The number of phenolic OH excluding ortho intramolecular Hbond substituents is 1. The number of phenols is 1. The zero-order valence-corrected chi connectivity index (χ0v) is 15.2. The molecule has 1 unspecified atom stereocenters. The molecule has 4 heterocycles. The van der Waals surface area contributed by atoms with Crippen LogP contribution < -0.4 is 10.6 Å². The van der Waals surface area contributed by atoms with E-state index in [0.717, 1.165) is 30.8 Å². The van der Waals surface area contributed by atoms with Gasteiger partial charge in [0.05, 0.1) is 16.7 Å². The quantitative estimate of drug-likeness (QED) is 0.552. The van der Waals surface area contributed by atoms with E-state index in [0.29, 0.717) is 17.1 Å². The van der Waals surface area contributed by atoms with Gasteiger partial charge in [0, 0.05) is 31.6 Å². The van der Waals surface area contributed by atoms with E-state index in [-0.39, 0.29) is 22.7 Å². The van der Waals surface area contributed by atoms with Crippen LogP contribution in [0.15, 0.2) is 34.7 Å². The van der Waals surface area contributed by atoms with Crippen molar-refractivity contribution in [2.45, 2.75) is 19.4 Å². The van der Waals surface area contributed by atoms with E-state index in [4.69, 9.17) is 10.2 Å². The molecule has 0 saturated carbocycles. The number of hydrogen-bond donors (Lipinski definition) is 2. The highest BCUT2D eigenvalue weighted by Gasteiger charge is 2.21. The standard InChI is InChI=1S/C20H18FN5O2/c1-10-23-19-16(28-10)8-12(20(27)18(19)21)13-2-3-15-14(24-13)4-5-17(25-15)26-7-6-11(22)9-26/h2-5,8,11,27H,6-7,9,22H2,1H3. The molecule has 4 aromatic rings. The molecule has 1 aliphatic rings. The van der Waals surface area contributed by atoms with Gasteiger partial charge in [0.15, 0.2) is 23.0 Å². The van der Waals surface area contributed by atoms with Crippen molar-refractivity contribution in [1.29, 1.82) is 0 Å². The van der Waals surface area contributed by atoms with Gasteiger partial charge in [-0.3, -0.25) is 0 Å². The smallest absolute Gasteiger partial charge is 0.195 e. The lowest BCUT2D eigenvalue weighted by Gasteiger charge is -2.17. The largest absolute Gasteiger partial charge is 0.504 e. The highest BCUT2D eigenvalue weighted by atomic mass is 19.1. The molecule has 28 heavy (non-hydrogen) atoms. The van der Waals surface area contributed by atoms with Crippen molar-refractivity contribution in [2.24, 2.45) is 5.73 Å². The third kappa shape index (κ3) is 2.65. The second-order valence-corrected chi connectivity index (χ2v) is 7.07. The third-order valence-electron chi connectivity index (χ3n) is 5.06. The Morgan fingerprint density at radius 1 is 1.18 bits per heavy atom. The molecule has 7 nitrogen and oxygen atoms in total. The minimum Gasteiger partial charge on any atom is -0.504 e. The predicted octanol–water partition coefficient (Wildman–Crippen LogP) is 3.13. The van der Waals surface area contributed by atoms with Gasteiger partial charge in [-0.25, -0.2) is 19.3 Å². The van der Waals surface area contributed by atoms with Crippen LogP contribution in [0.2, 0.25) is 0 Å². The van der Waals surface area contributed by atoms with Crippen LogP contribution in [0.3, 0.4) is 0 Å². The molecule has 1 fully saturated rings. The van der Waals surface area contributed by atoms with E-state index in [2.05, 4.69) is 19.9 Å². The van der Waals surface area contributed by atoms with E-state index in [1.165, 1.54) is 0 Å². The van der Waals surface area contributed by atoms with E-state index in [9.17, 15) is 9.50 Å². The number of aromatic nitrogens is 3. The Bertz CT molecular complexity index is 1220. The first-order valence-corrected chi connectivity index (χ1v) is 9.07. The molecule has 1 saturated heterocycles. The van der Waals surface area contributed by atoms with Crippen LogP contribution in [0.25, 0.3) is 33.4 Å². The monoisotopic (exact) mass is 379 g/mol. The van der Waals surface area contributed by atoms with Crippen LogP contribution in [-0.4, -0.2) is 39.2 Å². The number of aromatic hydroxyl groups is 1. The van der Waals surface area contributed by atoms with Crippen molar-refractivity contribution in [3.05, 3.63) is 42.0 Å². The molecular formula is C20H18FN5O2. The molecule has 3 aromatic heterocycles. The van der Waals surface area contributed by atoms with Crippen LogP contribution in [0, 0.1) is 12.7 Å². The topological polar surface area (TPSA) is 101 Å². The maximum atomic E-state index is 14.5. The minimum absolute atomic E-state index is 0.00895. The number of benzene rings is 1. The fourth-order valence-electron chi connectivity index (χ4n) is 3.64. The molecule has 1 aliphatic heterocycles. The summed E-state index contributed by atoms with van der Waals surface area (Å²) in [5, 5.41) is 10.3. The van der Waals surface area contributed by atoms with E-state index in [1.807, 2.05) is 18.2 Å². The molecule has 1 atom stereocenters. The molecule has 3 N–H and O–H groups in total. The number of pyridine rings is 2. The van der Waals surface area contributed by atoms with Crippen LogP contribution in [-0.2, 0) is 0 Å². The number of aryl methyl sites for hydroxylation is 1. The Labute approximate surface area is 159 Å². The molecule has 0 spiro atoms. The first-order chi connectivity index (χ1) is 13.5. The Kier molecular flexibility index (Phi) is 3.70. The van der Waals surface area contributed by atoms with Crippen molar-refractivity contribution < 1.29 is 13.9 Å². The van der Waals surface area contributed by atoms with Crippen molar-refractivity contribution in [3.63, 3.8) is 0 Å². The molecule has 0 aliphatic carbocycles. The molecule has 0 amide bonds. The lowest BCUT2D eigenvalue weighted by atomic mass is 10.1. The van der Waals surface area contributed by atoms with Gasteiger partial charge in [0.1, 0.15) is 11.3 Å². The Balaban J connectivity index is 1.58. The molecular weight excluding hydrogens is 361 g/mol. The molecule has 8 heteroatoms. The Morgan fingerprint density at radius 3 is 2.75 bits per heavy atom. The number of oxazole rings is 1. The van der Waals surface area contributed by atoms with Crippen LogP contribution >= 0.6 is 0 Å². The van der Waals surface area contributed by atoms with Gasteiger partial charge in [-0.2, -0.15) is 0 Å². The van der Waals surface area contributed by atoms with Crippen LogP contribution in [0.4, 0.5) is 10.2 Å². The van der Waals surface area contributed by atoms with E-state index < -0.39 is 11.6 Å². The van der Waals surface area contributed by atoms with Gasteiger partial charge in [-0.15, -0.1) is 0 Å². The zero-order valence-electron chi connectivity index (χ0n) is 15.2. The van der Waals surface area contributed by atoms with Gasteiger partial charge in [0.2, 0.25) is 0 Å². The van der Waals surface area contributed by atoms with Crippen molar-refractivity contribution >= 4 is 28.0 Å². The lowest BCUT2D eigenvalue weighted by Crippen LogP contribution is -2.26. The SMILES string of the molecule is Cc1nc2c(F)c(O)c(-c3ccc4nc(N5CCC(N)C5)ccc4n3)cc2o1. The first-order valence-electron chi connectivity index (χ1n) is 9.07. The molecule has 5 rings (SSSR count). The highest BCUT2D eigenvalue weighted by Crippen LogP contribution is 2.36. The summed E-state index contributed by atoms with van der Waals surface area (Å²) in [7, 11) is 0. The Hall–Kier alpha value is -3.26. The van der Waals surface area contributed by atoms with Gasteiger partial charge in [0.25, 0.3) is 0 Å². The van der Waals surface area contributed by atoms with Crippen molar-refractivity contribution in [1.82, 2.24) is 15.0 Å². The van der Waals surface area contributed by atoms with Gasteiger partial charge in [-0.1, -0.05) is 0 Å². The average Bonchev–Trinajstić information content (AvgIpc) is 3.29. The van der Waals surface area contributed by atoms with Crippen molar-refractivity contribution in [2.75, 3.05) is 18.0 Å². The minimum atomic E-state index is -0.815. The number of rotatable bonds is 2. The number of fused-ring (bicyclic) bond motifs is 2. The van der Waals surface area contributed by atoms with Gasteiger partial charge < -0.3 is 20.2 Å². The summed E-state index contributed by atoms with van der Waals surface area (Å²) in [4.78, 5) is 15.3. The lowest BCUT2D eigenvalue weighted by molar-refractivity contribution is 0.437. The second kappa shape index (κ2) is 6.13. The normalized spacial score (nSPS) is 17.1. The summed E-state index contributed by atoms with van der Waals surface area (Å²) in [6.45, 7) is 3.30. The first kappa shape index (κ1) is 16.9. The summed E-state index contributed by atoms with van der Waals surface area (Å²) >= 11 is 0. The maximum absolute atomic E-state index is 14.5. The number of nitrogens with two attached hydrogens (primary N) is 1. The summed E-state index contributed by atoms with van der Waals surface area (Å²) in [6, 6.07) is 9.01. The van der Waals surface area contributed by atoms with Crippen LogP contribution in [0.1, 0.15) is 12.3 Å². The highest BCUT2D eigenvalue weighted by molar-refractivity contribution is 5.87. The zero-order chi connectivity index (χ0) is 19.4. The average molecular weight is 379 g/mol. The van der Waals surface area contributed by atoms with E-state index >= 15 is 0 Å². The fraction of sp³-hybridized carbons (Fsp3) is 0.250. The van der Waals surface area contributed by atoms with E-state index in [1.54, 1.807) is 19.1 Å². The number of nitrogens with zero attached hydrogens (tertiary/aromatic N) is 4. The fourth-order valence-corrected chi connectivity index (χ4v) is 3.64. The number of hydrogen-bond acceptors (Lipinski definition) is 7. The number of halogens is 1. The summed E-state index contributed by atoms with van der Waals surface area (Å²) in [6.07, 6.45) is 0.950. The molecule has 142 valence electrons. The summed E-state index contributed by atoms with van der Waals surface area (Å²) in [5.74, 6) is -0.119. The molecule has 0 bridgehead atoms. The van der Waals surface area contributed by atoms with Gasteiger partial charge >= 0.3 is 0 Å². The molecule has 0 radical (unpaired) electrons. The van der Waals surface area contributed by atoms with Crippen molar-refractivity contribution in [3.8, 4) is 17.0 Å². The summed E-state index contributed by atoms with van der Waals surface area (Å²) < 4.78 is 19.9. The number of anilines is 1. The molecule has 1 aromatic carbocycles. The van der Waals surface area contributed by atoms with Crippen LogP contribution in [0.5, 0.6) is 5.75 Å². The maximum Gasteiger partial charge on any atom is 0.195 e. The second-order valence-electron chi connectivity index (χ2n) is 7.07.